The maximum Gasteiger partial charge on any atom is 0.266 e. The molecule has 37 heavy (non-hydrogen) atoms. The van der Waals surface area contributed by atoms with Gasteiger partial charge in [-0.05, 0) is 59.5 Å². The number of hydrogen-bond acceptors (Lipinski definition) is 6. The Hall–Kier alpha value is -3.97. The lowest BCUT2D eigenvalue weighted by molar-refractivity contribution is 0.397. The van der Waals surface area contributed by atoms with Gasteiger partial charge in [-0.15, -0.1) is 0 Å². The molecule has 4 aromatic rings. The minimum atomic E-state index is -0.0914. The normalized spacial score (nSPS) is 14.4. The molecule has 1 aliphatic heterocycles. The number of hydrogen-bond donors (Lipinski definition) is 1. The summed E-state index contributed by atoms with van der Waals surface area (Å²) in [5.74, 6) is 1.08. The van der Waals surface area contributed by atoms with E-state index in [4.69, 9.17) is 9.72 Å². The number of fused-ring (bicyclic) bond motifs is 1. The van der Waals surface area contributed by atoms with Gasteiger partial charge in [0.2, 0.25) is 5.88 Å². The highest BCUT2D eigenvalue weighted by Gasteiger charge is 2.18. The molecular weight excluding hydrogens is 462 g/mol. The first-order valence-electron chi connectivity index (χ1n) is 12.7. The Morgan fingerprint density at radius 2 is 1.70 bits per heavy atom. The van der Waals surface area contributed by atoms with Gasteiger partial charge in [0.15, 0.2) is 0 Å². The SMILES string of the molecule is COc1cccc(/C=C/c2nc3ccc(N4CCNCC4)cc3c(=O)n2-c2cccc(C(C)(C)C)c2)n1. The van der Waals surface area contributed by atoms with Crippen LogP contribution in [0.5, 0.6) is 5.88 Å². The van der Waals surface area contributed by atoms with E-state index in [0.29, 0.717) is 22.6 Å². The summed E-state index contributed by atoms with van der Waals surface area (Å²) in [6.07, 6.45) is 3.70. The summed E-state index contributed by atoms with van der Waals surface area (Å²) in [6.45, 7) is 10.2. The zero-order chi connectivity index (χ0) is 26.0. The standard InChI is InChI=1S/C30H33N5O2/c1-30(2,3)21-7-5-9-24(19-21)35-27(14-11-22-8-6-10-28(32-22)37-4)33-26-13-12-23(20-25(26)29(35)36)34-17-15-31-16-18-34/h5-14,19-20,31H,15-18H2,1-4H3/b14-11+. The summed E-state index contributed by atoms with van der Waals surface area (Å²) in [4.78, 5) is 25.8. The molecule has 0 unspecified atom stereocenters. The Morgan fingerprint density at radius 1 is 0.919 bits per heavy atom. The van der Waals surface area contributed by atoms with Gasteiger partial charge in [0, 0.05) is 37.9 Å². The predicted molar refractivity (Wildman–Crippen MR) is 151 cm³/mol. The number of ether oxygens (including phenoxy) is 1. The lowest BCUT2D eigenvalue weighted by Crippen LogP contribution is -2.43. The monoisotopic (exact) mass is 495 g/mol. The first-order chi connectivity index (χ1) is 17.8. The number of methoxy groups -OCH3 is 1. The highest BCUT2D eigenvalue weighted by atomic mass is 16.5. The van der Waals surface area contributed by atoms with Crippen LogP contribution in [0.1, 0.15) is 37.9 Å². The molecule has 3 heterocycles. The van der Waals surface area contributed by atoms with Crippen molar-refractivity contribution in [3.8, 4) is 11.6 Å². The zero-order valence-corrected chi connectivity index (χ0v) is 21.9. The quantitative estimate of drug-likeness (QED) is 0.434. The molecule has 0 aliphatic carbocycles. The summed E-state index contributed by atoms with van der Waals surface area (Å²) in [5, 5.41) is 3.99. The molecule has 190 valence electrons. The molecular formula is C30H33N5O2. The number of pyridine rings is 1. The molecule has 0 bridgehead atoms. The Bertz CT molecular complexity index is 1510. The average molecular weight is 496 g/mol. The van der Waals surface area contributed by atoms with Crippen molar-refractivity contribution in [2.75, 3.05) is 38.2 Å². The predicted octanol–water partition coefficient (Wildman–Crippen LogP) is 4.67. The minimum absolute atomic E-state index is 0.0557. The van der Waals surface area contributed by atoms with E-state index in [9.17, 15) is 4.79 Å². The van der Waals surface area contributed by atoms with Crippen molar-refractivity contribution in [3.05, 3.63) is 88.1 Å². The molecule has 7 heteroatoms. The molecule has 1 saturated heterocycles. The molecule has 0 atom stereocenters. The van der Waals surface area contributed by atoms with Crippen LogP contribution in [-0.4, -0.2) is 47.8 Å². The first-order valence-corrected chi connectivity index (χ1v) is 12.7. The third-order valence-electron chi connectivity index (χ3n) is 6.69. The average Bonchev–Trinajstić information content (AvgIpc) is 2.92. The van der Waals surface area contributed by atoms with E-state index < -0.39 is 0 Å². The second kappa shape index (κ2) is 10.2. The zero-order valence-electron chi connectivity index (χ0n) is 21.9. The van der Waals surface area contributed by atoms with Crippen LogP contribution in [0.25, 0.3) is 28.7 Å². The molecule has 0 radical (unpaired) electrons. The van der Waals surface area contributed by atoms with E-state index in [0.717, 1.165) is 48.8 Å². The molecule has 7 nitrogen and oxygen atoms in total. The van der Waals surface area contributed by atoms with Crippen molar-refractivity contribution in [1.82, 2.24) is 19.9 Å². The second-order valence-corrected chi connectivity index (χ2v) is 10.3. The number of anilines is 1. The summed E-state index contributed by atoms with van der Waals surface area (Å²) in [7, 11) is 1.59. The number of piperazine rings is 1. The van der Waals surface area contributed by atoms with Gasteiger partial charge in [0.05, 0.1) is 29.4 Å². The lowest BCUT2D eigenvalue weighted by atomic mass is 9.87. The fourth-order valence-electron chi connectivity index (χ4n) is 4.58. The van der Waals surface area contributed by atoms with Gasteiger partial charge in [0.25, 0.3) is 5.56 Å². The fourth-order valence-corrected chi connectivity index (χ4v) is 4.58. The maximum atomic E-state index is 14.1. The third kappa shape index (κ3) is 5.27. The van der Waals surface area contributed by atoms with E-state index in [1.807, 2.05) is 48.6 Å². The van der Waals surface area contributed by atoms with Gasteiger partial charge in [-0.2, -0.15) is 0 Å². The van der Waals surface area contributed by atoms with Gasteiger partial charge < -0.3 is 15.0 Å². The van der Waals surface area contributed by atoms with Gasteiger partial charge in [-0.1, -0.05) is 39.0 Å². The fraction of sp³-hybridized carbons (Fsp3) is 0.300. The Morgan fingerprint density at radius 3 is 2.46 bits per heavy atom. The molecule has 0 saturated carbocycles. The van der Waals surface area contributed by atoms with Crippen molar-refractivity contribution in [1.29, 1.82) is 0 Å². The molecule has 1 N–H and O–H groups in total. The van der Waals surface area contributed by atoms with Crippen molar-refractivity contribution in [3.63, 3.8) is 0 Å². The van der Waals surface area contributed by atoms with Crippen molar-refractivity contribution < 1.29 is 4.74 Å². The maximum absolute atomic E-state index is 14.1. The Kier molecular flexibility index (Phi) is 6.80. The van der Waals surface area contributed by atoms with Crippen LogP contribution in [0, 0.1) is 0 Å². The van der Waals surface area contributed by atoms with Gasteiger partial charge in [0.1, 0.15) is 5.82 Å². The van der Waals surface area contributed by atoms with E-state index in [-0.39, 0.29) is 11.0 Å². The van der Waals surface area contributed by atoms with Crippen LogP contribution >= 0.6 is 0 Å². The van der Waals surface area contributed by atoms with E-state index in [1.165, 1.54) is 0 Å². The number of nitrogens with one attached hydrogen (secondary N) is 1. The Labute approximate surface area is 217 Å². The van der Waals surface area contributed by atoms with E-state index in [1.54, 1.807) is 17.7 Å². The molecule has 0 amide bonds. The van der Waals surface area contributed by atoms with Crippen molar-refractivity contribution in [2.45, 2.75) is 26.2 Å². The molecule has 1 fully saturated rings. The molecule has 5 rings (SSSR count). The van der Waals surface area contributed by atoms with Crippen LogP contribution in [0.15, 0.2) is 65.5 Å². The minimum Gasteiger partial charge on any atom is -0.481 e. The van der Waals surface area contributed by atoms with Crippen LogP contribution < -0.4 is 20.5 Å². The van der Waals surface area contributed by atoms with Crippen LogP contribution in [0.3, 0.4) is 0 Å². The molecule has 2 aromatic carbocycles. The highest BCUT2D eigenvalue weighted by molar-refractivity contribution is 5.83. The topological polar surface area (TPSA) is 72.3 Å². The van der Waals surface area contributed by atoms with E-state index in [2.05, 4.69) is 54.2 Å². The van der Waals surface area contributed by atoms with Gasteiger partial charge in [-0.25, -0.2) is 9.97 Å². The van der Waals surface area contributed by atoms with Crippen LogP contribution in [0.2, 0.25) is 0 Å². The largest absolute Gasteiger partial charge is 0.481 e. The van der Waals surface area contributed by atoms with Gasteiger partial charge in [-0.3, -0.25) is 9.36 Å². The third-order valence-corrected chi connectivity index (χ3v) is 6.69. The molecule has 2 aromatic heterocycles. The van der Waals surface area contributed by atoms with Gasteiger partial charge >= 0.3 is 0 Å². The van der Waals surface area contributed by atoms with Crippen LogP contribution in [-0.2, 0) is 5.41 Å². The summed E-state index contributed by atoms with van der Waals surface area (Å²) in [6, 6.07) is 19.7. The molecule has 0 spiro atoms. The first kappa shape index (κ1) is 24.7. The van der Waals surface area contributed by atoms with Crippen molar-refractivity contribution >= 4 is 28.7 Å². The van der Waals surface area contributed by atoms with Crippen LogP contribution in [0.4, 0.5) is 5.69 Å². The van der Waals surface area contributed by atoms with E-state index >= 15 is 0 Å². The second-order valence-electron chi connectivity index (χ2n) is 10.3. The number of benzene rings is 2. The summed E-state index contributed by atoms with van der Waals surface area (Å²) < 4.78 is 6.96. The summed E-state index contributed by atoms with van der Waals surface area (Å²) >= 11 is 0. The highest BCUT2D eigenvalue weighted by Crippen LogP contribution is 2.26. The van der Waals surface area contributed by atoms with Crippen molar-refractivity contribution in [2.24, 2.45) is 0 Å². The Balaban J connectivity index is 1.68. The number of rotatable bonds is 5. The smallest absolute Gasteiger partial charge is 0.266 e. The number of nitrogens with zero attached hydrogens (tertiary/aromatic N) is 4. The lowest BCUT2D eigenvalue weighted by Gasteiger charge is -2.29. The number of aromatic nitrogens is 3. The molecule has 1 aliphatic rings. The summed E-state index contributed by atoms with van der Waals surface area (Å²) in [5.41, 5.74) is 4.23.